The fourth-order valence-electron chi connectivity index (χ4n) is 2.53. The lowest BCUT2D eigenvalue weighted by molar-refractivity contribution is -0.151. The molecule has 4 nitrogen and oxygen atoms in total. The number of carbonyl (C=O) groups is 1. The molecule has 2 aliphatic heterocycles. The molecule has 3 unspecified atom stereocenters. The molecule has 74 valence electrons. The van der Waals surface area contributed by atoms with E-state index in [9.17, 15) is 9.90 Å². The van der Waals surface area contributed by atoms with Gasteiger partial charge in [0, 0.05) is 12.5 Å². The molecule has 4 heteroatoms. The van der Waals surface area contributed by atoms with Crippen LogP contribution >= 0.6 is 0 Å². The number of hydrogen-bond acceptors (Lipinski definition) is 3. The summed E-state index contributed by atoms with van der Waals surface area (Å²) in [5.41, 5.74) is -0.899. The average molecular weight is 185 g/mol. The Morgan fingerprint density at radius 1 is 1.54 bits per heavy atom. The van der Waals surface area contributed by atoms with Gasteiger partial charge in [-0.25, -0.2) is 0 Å². The van der Waals surface area contributed by atoms with E-state index in [1.165, 1.54) is 0 Å². The number of carboxylic acids is 1. The van der Waals surface area contributed by atoms with Crippen LogP contribution in [0.2, 0.25) is 0 Å². The maximum atomic E-state index is 10.8. The number of fused-ring (bicyclic) bond motifs is 2. The van der Waals surface area contributed by atoms with Gasteiger partial charge >= 0.3 is 5.97 Å². The minimum Gasteiger partial charge on any atom is -0.481 e. The van der Waals surface area contributed by atoms with Crippen molar-refractivity contribution in [2.24, 2.45) is 5.92 Å². The molecular formula is C9H15NO3. The molecule has 3 N–H and O–H groups in total. The predicted octanol–water partition coefficient (Wildman–Crippen LogP) is 0.312. The topological polar surface area (TPSA) is 69.6 Å². The molecule has 13 heavy (non-hydrogen) atoms. The van der Waals surface area contributed by atoms with E-state index >= 15 is 0 Å². The van der Waals surface area contributed by atoms with E-state index in [0.29, 0.717) is 19.3 Å². The minimum atomic E-state index is -0.899. The van der Waals surface area contributed by atoms with Crippen molar-refractivity contribution >= 4 is 5.97 Å². The number of piperidine rings is 2. The van der Waals surface area contributed by atoms with Crippen molar-refractivity contribution in [2.45, 2.75) is 43.9 Å². The van der Waals surface area contributed by atoms with Crippen LogP contribution in [0.1, 0.15) is 32.1 Å². The smallest absolute Gasteiger partial charge is 0.306 e. The maximum absolute atomic E-state index is 10.8. The highest BCUT2D eigenvalue weighted by Crippen LogP contribution is 2.35. The Bertz CT molecular complexity index is 231. The van der Waals surface area contributed by atoms with E-state index in [0.717, 1.165) is 12.8 Å². The number of carboxylic acid groups (broad SMARTS) is 1. The lowest BCUT2D eigenvalue weighted by atomic mass is 9.78. The highest BCUT2D eigenvalue weighted by atomic mass is 16.4. The fraction of sp³-hybridized carbons (Fsp3) is 0.889. The van der Waals surface area contributed by atoms with Gasteiger partial charge in [0.1, 0.15) is 5.72 Å². The van der Waals surface area contributed by atoms with Gasteiger partial charge in [0.25, 0.3) is 0 Å². The first-order valence-corrected chi connectivity index (χ1v) is 4.82. The Morgan fingerprint density at radius 3 is 2.92 bits per heavy atom. The van der Waals surface area contributed by atoms with Crippen LogP contribution in [0.15, 0.2) is 0 Å². The van der Waals surface area contributed by atoms with Crippen molar-refractivity contribution in [1.29, 1.82) is 0 Å². The quantitative estimate of drug-likeness (QED) is 0.550. The molecule has 3 atom stereocenters. The summed E-state index contributed by atoms with van der Waals surface area (Å²) in [4.78, 5) is 10.8. The third-order valence-electron chi connectivity index (χ3n) is 3.12. The van der Waals surface area contributed by atoms with E-state index < -0.39 is 11.7 Å². The molecule has 0 radical (unpaired) electrons. The molecule has 0 aliphatic carbocycles. The number of hydrogen-bond donors (Lipinski definition) is 3. The number of nitrogens with one attached hydrogen (secondary N) is 1. The summed E-state index contributed by atoms with van der Waals surface area (Å²) < 4.78 is 0. The molecule has 0 aromatic rings. The van der Waals surface area contributed by atoms with Crippen LogP contribution in [0.3, 0.4) is 0 Å². The fourth-order valence-corrected chi connectivity index (χ4v) is 2.53. The van der Waals surface area contributed by atoms with Gasteiger partial charge in [-0.05, 0) is 25.7 Å². The first kappa shape index (κ1) is 8.97. The predicted molar refractivity (Wildman–Crippen MR) is 46.1 cm³/mol. The van der Waals surface area contributed by atoms with Crippen LogP contribution in [0.4, 0.5) is 0 Å². The molecule has 2 saturated heterocycles. The molecule has 0 aromatic carbocycles. The van der Waals surface area contributed by atoms with Crippen LogP contribution in [-0.4, -0.2) is 27.9 Å². The number of aliphatic carboxylic acids is 1. The summed E-state index contributed by atoms with van der Waals surface area (Å²) in [6.07, 6.45) is 3.70. The van der Waals surface area contributed by atoms with E-state index in [-0.39, 0.29) is 12.0 Å². The van der Waals surface area contributed by atoms with Crippen molar-refractivity contribution in [1.82, 2.24) is 5.32 Å². The Balaban J connectivity index is 2.11. The first-order chi connectivity index (χ1) is 6.09. The average Bonchev–Trinajstić information content (AvgIpc) is 2.01. The van der Waals surface area contributed by atoms with Gasteiger partial charge in [0.05, 0.1) is 5.92 Å². The van der Waals surface area contributed by atoms with Crippen LogP contribution < -0.4 is 5.32 Å². The summed E-state index contributed by atoms with van der Waals surface area (Å²) in [6, 6.07) is 0.202. The summed E-state index contributed by atoms with van der Waals surface area (Å²) in [5, 5.41) is 21.9. The van der Waals surface area contributed by atoms with E-state index in [1.54, 1.807) is 0 Å². The molecule has 2 heterocycles. The lowest BCUT2D eigenvalue weighted by Crippen LogP contribution is -2.59. The zero-order chi connectivity index (χ0) is 9.47. The highest BCUT2D eigenvalue weighted by molar-refractivity contribution is 5.70. The van der Waals surface area contributed by atoms with Crippen LogP contribution in [0.5, 0.6) is 0 Å². The molecule has 0 amide bonds. The second-order valence-electron chi connectivity index (χ2n) is 4.24. The standard InChI is InChI=1S/C9H15NO3/c11-8(12)6-4-7-2-1-3-9(13,5-6)10-7/h6-7,10,13H,1-5H2,(H,11,12). The molecule has 2 fully saturated rings. The molecule has 2 bridgehead atoms. The minimum absolute atomic E-state index is 0.202. The maximum Gasteiger partial charge on any atom is 0.306 e. The van der Waals surface area contributed by atoms with Crippen molar-refractivity contribution in [3.05, 3.63) is 0 Å². The highest BCUT2D eigenvalue weighted by Gasteiger charge is 2.43. The summed E-state index contributed by atoms with van der Waals surface area (Å²) in [7, 11) is 0. The molecule has 0 saturated carbocycles. The SMILES string of the molecule is O=C(O)C1CC2CCCC(O)(C1)N2. The Morgan fingerprint density at radius 2 is 2.31 bits per heavy atom. The zero-order valence-electron chi connectivity index (χ0n) is 7.49. The third-order valence-corrected chi connectivity index (χ3v) is 3.12. The Labute approximate surface area is 76.9 Å². The van der Waals surface area contributed by atoms with Gasteiger partial charge in [-0.1, -0.05) is 0 Å². The van der Waals surface area contributed by atoms with Gasteiger partial charge in [-0.2, -0.15) is 0 Å². The molecule has 0 spiro atoms. The molecule has 0 aromatic heterocycles. The first-order valence-electron chi connectivity index (χ1n) is 4.82. The Hall–Kier alpha value is -0.610. The third kappa shape index (κ3) is 1.69. The van der Waals surface area contributed by atoms with E-state index in [4.69, 9.17) is 5.11 Å². The molecule has 2 rings (SSSR count). The van der Waals surface area contributed by atoms with Gasteiger partial charge in [0.15, 0.2) is 0 Å². The van der Waals surface area contributed by atoms with Crippen molar-refractivity contribution in [3.8, 4) is 0 Å². The largest absolute Gasteiger partial charge is 0.481 e. The summed E-state index contributed by atoms with van der Waals surface area (Å²) >= 11 is 0. The lowest BCUT2D eigenvalue weighted by Gasteiger charge is -2.45. The van der Waals surface area contributed by atoms with Crippen LogP contribution in [-0.2, 0) is 4.79 Å². The zero-order valence-corrected chi connectivity index (χ0v) is 7.49. The number of aliphatic hydroxyl groups is 1. The second kappa shape index (κ2) is 2.96. The van der Waals surface area contributed by atoms with Crippen LogP contribution in [0.25, 0.3) is 0 Å². The normalized spacial score (nSPS) is 44.4. The monoisotopic (exact) mass is 185 g/mol. The molecule has 2 aliphatic rings. The summed E-state index contributed by atoms with van der Waals surface area (Å²) in [5.74, 6) is -1.14. The van der Waals surface area contributed by atoms with E-state index in [2.05, 4.69) is 5.32 Å². The summed E-state index contributed by atoms with van der Waals surface area (Å²) in [6.45, 7) is 0. The van der Waals surface area contributed by atoms with Gasteiger partial charge in [0.2, 0.25) is 0 Å². The van der Waals surface area contributed by atoms with Gasteiger partial charge in [-0.15, -0.1) is 0 Å². The molecular weight excluding hydrogens is 170 g/mol. The van der Waals surface area contributed by atoms with Crippen LogP contribution in [0, 0.1) is 5.92 Å². The Kier molecular flexibility index (Phi) is 2.04. The van der Waals surface area contributed by atoms with Crippen molar-refractivity contribution < 1.29 is 15.0 Å². The van der Waals surface area contributed by atoms with Crippen molar-refractivity contribution in [2.75, 3.05) is 0 Å². The van der Waals surface area contributed by atoms with Gasteiger partial charge in [-0.3, -0.25) is 10.1 Å². The second-order valence-corrected chi connectivity index (χ2v) is 4.24. The number of rotatable bonds is 1. The van der Waals surface area contributed by atoms with Gasteiger partial charge < -0.3 is 10.2 Å². The van der Waals surface area contributed by atoms with Crippen molar-refractivity contribution in [3.63, 3.8) is 0 Å². The van der Waals surface area contributed by atoms with E-state index in [1.807, 2.05) is 0 Å².